The van der Waals surface area contributed by atoms with Crippen LogP contribution in [0.1, 0.15) is 37.8 Å². The molecule has 1 N–H and O–H groups in total. The Labute approximate surface area is 253 Å². The van der Waals surface area contributed by atoms with Crippen molar-refractivity contribution in [1.82, 2.24) is 10.2 Å². The predicted octanol–water partition coefficient (Wildman–Crippen LogP) is 4.13. The summed E-state index contributed by atoms with van der Waals surface area (Å²) in [7, 11) is -2.09. The lowest BCUT2D eigenvalue weighted by molar-refractivity contribution is -0.141. The minimum absolute atomic E-state index is 0.0286. The van der Waals surface area contributed by atoms with Crippen molar-refractivity contribution in [3.8, 4) is 17.2 Å². The fourth-order valence-corrected chi connectivity index (χ4v) is 5.90. The van der Waals surface area contributed by atoms with Gasteiger partial charge in [0.2, 0.25) is 28.6 Å². The molecule has 0 saturated heterocycles. The summed E-state index contributed by atoms with van der Waals surface area (Å²) < 4.78 is 42.9. The van der Waals surface area contributed by atoms with Gasteiger partial charge in [-0.2, -0.15) is 0 Å². The number of hydrogen-bond donors (Lipinski definition) is 1. The number of sulfonamides is 1. The molecular formula is C32H39N3O7S. The Kier molecular flexibility index (Phi) is 10.5. The number of anilines is 1. The Morgan fingerprint density at radius 3 is 2.37 bits per heavy atom. The SMILES string of the molecule is COc1cccc(CN(C(=O)CCCN(c2ccc3c(c2)OCO3)S(C)(=O)=O)C(Cc2ccccc2)C(=O)NC(C)C)c1. The van der Waals surface area contributed by atoms with E-state index in [-0.39, 0.29) is 50.6 Å². The van der Waals surface area contributed by atoms with Crippen molar-refractivity contribution in [2.45, 2.75) is 51.7 Å². The molecule has 3 aromatic rings. The highest BCUT2D eigenvalue weighted by Crippen LogP contribution is 2.36. The average Bonchev–Trinajstić information content (AvgIpc) is 3.44. The molecule has 230 valence electrons. The second kappa shape index (κ2) is 14.3. The second-order valence-electron chi connectivity index (χ2n) is 10.7. The third kappa shape index (κ3) is 8.63. The first-order valence-electron chi connectivity index (χ1n) is 14.2. The molecule has 43 heavy (non-hydrogen) atoms. The van der Waals surface area contributed by atoms with Crippen LogP contribution in [0, 0.1) is 0 Å². The Morgan fingerprint density at radius 1 is 0.953 bits per heavy atom. The third-order valence-electron chi connectivity index (χ3n) is 6.99. The summed E-state index contributed by atoms with van der Waals surface area (Å²) in [5.74, 6) is 1.13. The lowest BCUT2D eigenvalue weighted by Gasteiger charge is -2.32. The highest BCUT2D eigenvalue weighted by molar-refractivity contribution is 7.92. The molecule has 1 unspecified atom stereocenters. The topological polar surface area (TPSA) is 114 Å². The molecule has 2 amide bonds. The van der Waals surface area contributed by atoms with E-state index in [2.05, 4.69) is 5.32 Å². The van der Waals surface area contributed by atoms with Crippen molar-refractivity contribution in [2.24, 2.45) is 0 Å². The summed E-state index contributed by atoms with van der Waals surface area (Å²) in [6, 6.07) is 21.0. The van der Waals surface area contributed by atoms with Gasteiger partial charge in [0.1, 0.15) is 11.8 Å². The van der Waals surface area contributed by atoms with Crippen LogP contribution in [0.5, 0.6) is 17.2 Å². The van der Waals surface area contributed by atoms with E-state index in [0.717, 1.165) is 17.4 Å². The Hall–Kier alpha value is -4.25. The van der Waals surface area contributed by atoms with Crippen LogP contribution in [0.25, 0.3) is 0 Å². The van der Waals surface area contributed by atoms with E-state index in [0.29, 0.717) is 29.4 Å². The first-order chi connectivity index (χ1) is 20.5. The van der Waals surface area contributed by atoms with E-state index in [1.54, 1.807) is 30.2 Å². The van der Waals surface area contributed by atoms with Crippen molar-refractivity contribution >= 4 is 27.5 Å². The maximum absolute atomic E-state index is 14.0. The number of carbonyl (C=O) groups excluding carboxylic acids is 2. The first kappa shape index (κ1) is 31.7. The van der Waals surface area contributed by atoms with Crippen LogP contribution in [-0.2, 0) is 32.6 Å². The fraction of sp³-hybridized carbons (Fsp3) is 0.375. The Balaban J connectivity index is 1.58. The molecule has 4 rings (SSSR count). The van der Waals surface area contributed by atoms with Gasteiger partial charge >= 0.3 is 0 Å². The van der Waals surface area contributed by atoms with Crippen LogP contribution in [0.15, 0.2) is 72.8 Å². The monoisotopic (exact) mass is 609 g/mol. The molecule has 1 aliphatic heterocycles. The van der Waals surface area contributed by atoms with E-state index in [1.165, 1.54) is 4.31 Å². The zero-order valence-electron chi connectivity index (χ0n) is 25.0. The van der Waals surface area contributed by atoms with Gasteiger partial charge in [-0.3, -0.25) is 13.9 Å². The zero-order valence-corrected chi connectivity index (χ0v) is 25.8. The zero-order chi connectivity index (χ0) is 31.0. The number of hydrogen-bond acceptors (Lipinski definition) is 7. The molecule has 0 aliphatic carbocycles. The molecule has 3 aromatic carbocycles. The normalized spacial score (nSPS) is 13.0. The van der Waals surface area contributed by atoms with Gasteiger partial charge in [0, 0.05) is 38.0 Å². The van der Waals surface area contributed by atoms with Crippen LogP contribution < -0.4 is 23.8 Å². The smallest absolute Gasteiger partial charge is 0.243 e. The minimum atomic E-state index is -3.66. The van der Waals surface area contributed by atoms with E-state index < -0.39 is 16.1 Å². The Morgan fingerprint density at radius 2 is 1.67 bits per heavy atom. The quantitative estimate of drug-likeness (QED) is 0.292. The molecule has 0 fully saturated rings. The minimum Gasteiger partial charge on any atom is -0.497 e. The van der Waals surface area contributed by atoms with Crippen LogP contribution >= 0.6 is 0 Å². The number of amides is 2. The summed E-state index contributed by atoms with van der Waals surface area (Å²) in [6.45, 7) is 4.07. The first-order valence-corrected chi connectivity index (χ1v) is 16.0. The van der Waals surface area contributed by atoms with E-state index in [4.69, 9.17) is 14.2 Å². The van der Waals surface area contributed by atoms with Gasteiger partial charge in [-0.1, -0.05) is 42.5 Å². The fourth-order valence-electron chi connectivity index (χ4n) is 4.95. The molecule has 10 nitrogen and oxygen atoms in total. The number of benzene rings is 3. The highest BCUT2D eigenvalue weighted by atomic mass is 32.2. The van der Waals surface area contributed by atoms with Gasteiger partial charge in [-0.25, -0.2) is 8.42 Å². The van der Waals surface area contributed by atoms with Gasteiger partial charge in [-0.05, 0) is 55.7 Å². The maximum atomic E-state index is 14.0. The molecule has 1 atom stereocenters. The summed E-state index contributed by atoms with van der Waals surface area (Å²) in [5.41, 5.74) is 2.15. The summed E-state index contributed by atoms with van der Waals surface area (Å²) in [4.78, 5) is 29.1. The van der Waals surface area contributed by atoms with Crippen molar-refractivity contribution in [1.29, 1.82) is 0 Å². The largest absolute Gasteiger partial charge is 0.497 e. The molecule has 0 radical (unpaired) electrons. The van der Waals surface area contributed by atoms with Gasteiger partial charge in [0.25, 0.3) is 0 Å². The number of ether oxygens (including phenoxy) is 3. The standard InChI is InChI=1S/C32H39N3O7S/c1-23(2)33-32(37)28(19-24-10-6-5-7-11-24)34(21-25-12-8-13-27(18-25)40-3)31(36)14-9-17-35(43(4,38)39)26-15-16-29-30(20-26)42-22-41-29/h5-8,10-13,15-16,18,20,23,28H,9,14,17,19,21-22H2,1-4H3,(H,33,37). The van der Waals surface area contributed by atoms with Crippen molar-refractivity contribution in [3.05, 3.63) is 83.9 Å². The summed E-state index contributed by atoms with van der Waals surface area (Å²) in [5, 5.41) is 2.98. The molecule has 1 aliphatic rings. The van der Waals surface area contributed by atoms with E-state index in [9.17, 15) is 18.0 Å². The third-order valence-corrected chi connectivity index (χ3v) is 8.18. The molecule has 1 heterocycles. The molecule has 0 aromatic heterocycles. The molecule has 0 spiro atoms. The van der Waals surface area contributed by atoms with Crippen molar-refractivity contribution in [3.63, 3.8) is 0 Å². The molecule has 11 heteroatoms. The van der Waals surface area contributed by atoms with E-state index in [1.807, 2.05) is 68.4 Å². The number of fused-ring (bicyclic) bond motifs is 1. The number of methoxy groups -OCH3 is 1. The average molecular weight is 610 g/mol. The molecular weight excluding hydrogens is 570 g/mol. The van der Waals surface area contributed by atoms with Gasteiger partial charge in [0.05, 0.1) is 19.1 Å². The number of nitrogens with zero attached hydrogens (tertiary/aromatic N) is 2. The van der Waals surface area contributed by atoms with Gasteiger partial charge < -0.3 is 24.4 Å². The van der Waals surface area contributed by atoms with Crippen LogP contribution in [0.4, 0.5) is 5.69 Å². The molecule has 0 saturated carbocycles. The van der Waals surface area contributed by atoms with Gasteiger partial charge in [0.15, 0.2) is 11.5 Å². The van der Waals surface area contributed by atoms with Crippen LogP contribution in [0.2, 0.25) is 0 Å². The lowest BCUT2D eigenvalue weighted by atomic mass is 10.0. The number of carbonyl (C=O) groups is 2. The number of nitrogens with one attached hydrogen (secondary N) is 1. The highest BCUT2D eigenvalue weighted by Gasteiger charge is 2.31. The van der Waals surface area contributed by atoms with Gasteiger partial charge in [-0.15, -0.1) is 0 Å². The summed E-state index contributed by atoms with van der Waals surface area (Å²) >= 11 is 0. The van der Waals surface area contributed by atoms with Crippen molar-refractivity contribution in [2.75, 3.05) is 31.0 Å². The maximum Gasteiger partial charge on any atom is 0.243 e. The second-order valence-corrected chi connectivity index (χ2v) is 12.6. The summed E-state index contributed by atoms with van der Waals surface area (Å²) in [6.07, 6.45) is 1.71. The van der Waals surface area contributed by atoms with Crippen molar-refractivity contribution < 1.29 is 32.2 Å². The Bertz CT molecular complexity index is 1510. The molecule has 0 bridgehead atoms. The number of rotatable bonds is 14. The predicted molar refractivity (Wildman–Crippen MR) is 165 cm³/mol. The lowest BCUT2D eigenvalue weighted by Crippen LogP contribution is -2.51. The van der Waals surface area contributed by atoms with Crippen LogP contribution in [-0.4, -0.2) is 63.9 Å². The van der Waals surface area contributed by atoms with Crippen LogP contribution in [0.3, 0.4) is 0 Å². The van der Waals surface area contributed by atoms with E-state index >= 15 is 0 Å².